The number of aliphatic carboxylic acids is 1. The maximum atomic E-state index is 11.0. The van der Waals surface area contributed by atoms with E-state index in [2.05, 4.69) is 11.0 Å². The van der Waals surface area contributed by atoms with Crippen LogP contribution in [0.1, 0.15) is 24.0 Å². The summed E-state index contributed by atoms with van der Waals surface area (Å²) in [7, 11) is 0. The lowest BCUT2D eigenvalue weighted by molar-refractivity contribution is -0.143. The van der Waals surface area contributed by atoms with E-state index >= 15 is 0 Å². The molecule has 1 fully saturated rings. The van der Waals surface area contributed by atoms with Gasteiger partial charge in [0.15, 0.2) is 0 Å². The van der Waals surface area contributed by atoms with Crippen molar-refractivity contribution in [2.45, 2.75) is 26.2 Å². The number of hydrogen-bond acceptors (Lipinski definition) is 2. The Morgan fingerprint density at radius 2 is 2.32 bits per heavy atom. The van der Waals surface area contributed by atoms with Gasteiger partial charge in [-0.3, -0.25) is 4.79 Å². The normalized spacial score (nSPS) is 20.4. The van der Waals surface area contributed by atoms with E-state index in [0.29, 0.717) is 6.54 Å². The summed E-state index contributed by atoms with van der Waals surface area (Å²) in [5, 5.41) is 9.87. The fourth-order valence-corrected chi connectivity index (χ4v) is 2.73. The average molecular weight is 282 g/mol. The van der Waals surface area contributed by atoms with Crippen LogP contribution in [0.5, 0.6) is 0 Å². The number of benzene rings is 1. The number of halogens is 1. The van der Waals surface area contributed by atoms with Gasteiger partial charge < -0.3 is 10.0 Å². The summed E-state index contributed by atoms with van der Waals surface area (Å²) in [4.78, 5) is 13.3. The van der Waals surface area contributed by atoms with Crippen molar-refractivity contribution in [1.29, 1.82) is 0 Å². The largest absolute Gasteiger partial charge is 0.481 e. The minimum absolute atomic E-state index is 0.194. The molecule has 1 N–H and O–H groups in total. The highest BCUT2D eigenvalue weighted by Crippen LogP contribution is 2.19. The van der Waals surface area contributed by atoms with Gasteiger partial charge in [-0.2, -0.15) is 0 Å². The van der Waals surface area contributed by atoms with Gasteiger partial charge in [0, 0.05) is 18.1 Å². The highest BCUT2D eigenvalue weighted by atomic mass is 35.5. The third kappa shape index (κ3) is 3.95. The standard InChI is InChI=1S/C15H20ClNO2/c1-11-9-12(4-5-14(11)16)6-8-17-7-2-3-13(10-17)15(18)19/h4-5,9,13H,2-3,6-8,10H2,1H3,(H,18,19). The average Bonchev–Trinajstić information content (AvgIpc) is 2.40. The smallest absolute Gasteiger partial charge is 0.307 e. The Bertz CT molecular complexity index is 461. The molecule has 1 aromatic carbocycles. The summed E-state index contributed by atoms with van der Waals surface area (Å²) < 4.78 is 0. The van der Waals surface area contributed by atoms with Crippen molar-refractivity contribution in [1.82, 2.24) is 4.90 Å². The molecule has 1 aromatic rings. The molecular weight excluding hydrogens is 262 g/mol. The maximum Gasteiger partial charge on any atom is 0.307 e. The molecule has 0 radical (unpaired) electrons. The van der Waals surface area contributed by atoms with E-state index < -0.39 is 5.97 Å². The number of likely N-dealkylation sites (tertiary alicyclic amines) is 1. The molecule has 0 spiro atoms. The zero-order valence-electron chi connectivity index (χ0n) is 11.2. The Morgan fingerprint density at radius 1 is 1.53 bits per heavy atom. The van der Waals surface area contributed by atoms with Crippen molar-refractivity contribution in [3.63, 3.8) is 0 Å². The van der Waals surface area contributed by atoms with Crippen LogP contribution >= 0.6 is 11.6 Å². The van der Waals surface area contributed by atoms with E-state index in [1.165, 1.54) is 5.56 Å². The van der Waals surface area contributed by atoms with Gasteiger partial charge in [0.2, 0.25) is 0 Å². The van der Waals surface area contributed by atoms with Crippen LogP contribution < -0.4 is 0 Å². The van der Waals surface area contributed by atoms with Gasteiger partial charge in [-0.25, -0.2) is 0 Å². The molecule has 1 heterocycles. The minimum Gasteiger partial charge on any atom is -0.481 e. The monoisotopic (exact) mass is 281 g/mol. The lowest BCUT2D eigenvalue weighted by Gasteiger charge is -2.30. The van der Waals surface area contributed by atoms with Crippen molar-refractivity contribution >= 4 is 17.6 Å². The van der Waals surface area contributed by atoms with Crippen molar-refractivity contribution in [2.24, 2.45) is 5.92 Å². The first-order valence-corrected chi connectivity index (χ1v) is 7.14. The lowest BCUT2D eigenvalue weighted by Crippen LogP contribution is -2.39. The number of carbonyl (C=O) groups is 1. The first-order valence-electron chi connectivity index (χ1n) is 6.76. The molecule has 0 amide bonds. The molecule has 1 atom stereocenters. The predicted octanol–water partition coefficient (Wildman–Crippen LogP) is 2.99. The van der Waals surface area contributed by atoms with Crippen LogP contribution in [0, 0.1) is 12.8 Å². The van der Waals surface area contributed by atoms with Gasteiger partial charge in [0.05, 0.1) is 5.92 Å². The predicted molar refractivity (Wildman–Crippen MR) is 76.7 cm³/mol. The summed E-state index contributed by atoms with van der Waals surface area (Å²) in [6.07, 6.45) is 2.74. The maximum absolute atomic E-state index is 11.0. The molecule has 1 aliphatic rings. The van der Waals surface area contributed by atoms with E-state index in [0.717, 1.165) is 42.9 Å². The van der Waals surface area contributed by atoms with Crippen molar-refractivity contribution in [3.8, 4) is 0 Å². The zero-order chi connectivity index (χ0) is 13.8. The number of rotatable bonds is 4. The number of carboxylic acids is 1. The van der Waals surface area contributed by atoms with Crippen LogP contribution in [0.2, 0.25) is 5.02 Å². The van der Waals surface area contributed by atoms with E-state index in [1.807, 2.05) is 19.1 Å². The van der Waals surface area contributed by atoms with Crippen LogP contribution in [0.3, 0.4) is 0 Å². The zero-order valence-corrected chi connectivity index (χ0v) is 12.0. The second-order valence-electron chi connectivity index (χ2n) is 5.31. The molecule has 1 unspecified atom stereocenters. The van der Waals surface area contributed by atoms with Crippen molar-refractivity contribution in [3.05, 3.63) is 34.3 Å². The topological polar surface area (TPSA) is 40.5 Å². The summed E-state index contributed by atoms with van der Waals surface area (Å²) in [5.41, 5.74) is 2.36. The number of carboxylic acid groups (broad SMARTS) is 1. The van der Waals surface area contributed by atoms with E-state index in [1.54, 1.807) is 0 Å². The first kappa shape index (κ1) is 14.4. The van der Waals surface area contributed by atoms with Crippen molar-refractivity contribution < 1.29 is 9.90 Å². The van der Waals surface area contributed by atoms with Gasteiger partial charge in [-0.1, -0.05) is 23.7 Å². The molecule has 1 saturated heterocycles. The molecule has 4 heteroatoms. The van der Waals surface area contributed by atoms with Crippen molar-refractivity contribution in [2.75, 3.05) is 19.6 Å². The van der Waals surface area contributed by atoms with Crippen LogP contribution in [0.15, 0.2) is 18.2 Å². The number of aryl methyl sites for hydroxylation is 1. The minimum atomic E-state index is -0.660. The van der Waals surface area contributed by atoms with Gasteiger partial charge in [0.1, 0.15) is 0 Å². The van der Waals surface area contributed by atoms with Gasteiger partial charge >= 0.3 is 5.97 Å². The number of piperidine rings is 1. The quantitative estimate of drug-likeness (QED) is 0.922. The second kappa shape index (κ2) is 6.40. The highest BCUT2D eigenvalue weighted by molar-refractivity contribution is 6.31. The van der Waals surface area contributed by atoms with E-state index in [-0.39, 0.29) is 5.92 Å². The molecule has 19 heavy (non-hydrogen) atoms. The van der Waals surface area contributed by atoms with E-state index in [4.69, 9.17) is 16.7 Å². The summed E-state index contributed by atoms with van der Waals surface area (Å²) >= 11 is 6.01. The van der Waals surface area contributed by atoms with Crippen LogP contribution in [0.25, 0.3) is 0 Å². The molecule has 1 aliphatic heterocycles. The fourth-order valence-electron chi connectivity index (χ4n) is 2.61. The van der Waals surface area contributed by atoms with Gasteiger partial charge in [-0.15, -0.1) is 0 Å². The second-order valence-corrected chi connectivity index (χ2v) is 5.72. The third-order valence-corrected chi connectivity index (χ3v) is 4.22. The summed E-state index contributed by atoms with van der Waals surface area (Å²) in [6, 6.07) is 6.09. The molecule has 0 saturated carbocycles. The van der Waals surface area contributed by atoms with E-state index in [9.17, 15) is 4.79 Å². The van der Waals surface area contributed by atoms with Gasteiger partial charge in [-0.05, 0) is 49.9 Å². The van der Waals surface area contributed by atoms with Crippen LogP contribution in [0.4, 0.5) is 0 Å². The molecule has 3 nitrogen and oxygen atoms in total. The highest BCUT2D eigenvalue weighted by Gasteiger charge is 2.24. The Kier molecular flexibility index (Phi) is 4.83. The van der Waals surface area contributed by atoms with Crippen LogP contribution in [-0.4, -0.2) is 35.6 Å². The first-order chi connectivity index (χ1) is 9.06. The Morgan fingerprint density at radius 3 is 3.00 bits per heavy atom. The summed E-state index contributed by atoms with van der Waals surface area (Å²) in [6.45, 7) is 4.62. The third-order valence-electron chi connectivity index (χ3n) is 3.79. The molecule has 0 aromatic heterocycles. The Hall–Kier alpha value is -1.06. The Labute approximate surface area is 119 Å². The number of nitrogens with zero attached hydrogens (tertiary/aromatic N) is 1. The fraction of sp³-hybridized carbons (Fsp3) is 0.533. The summed E-state index contributed by atoms with van der Waals surface area (Å²) in [5.74, 6) is -0.854. The molecular formula is C15H20ClNO2. The molecule has 104 valence electrons. The van der Waals surface area contributed by atoms with Crippen LogP contribution in [-0.2, 0) is 11.2 Å². The SMILES string of the molecule is Cc1cc(CCN2CCCC(C(=O)O)C2)ccc1Cl. The molecule has 0 aliphatic carbocycles. The van der Waals surface area contributed by atoms with Gasteiger partial charge in [0.25, 0.3) is 0 Å². The Balaban J connectivity index is 1.87. The molecule has 0 bridgehead atoms. The number of hydrogen-bond donors (Lipinski definition) is 1. The lowest BCUT2D eigenvalue weighted by atomic mass is 9.98. The molecule has 2 rings (SSSR count).